The normalized spacial score (nSPS) is 14.7. The summed E-state index contributed by atoms with van der Waals surface area (Å²) in [4.78, 5) is 25.7. The number of fused-ring (bicyclic) bond motifs is 1. The maximum absolute atomic E-state index is 13.3. The lowest BCUT2D eigenvalue weighted by Gasteiger charge is -2.22. The van der Waals surface area contributed by atoms with Gasteiger partial charge in [0.1, 0.15) is 5.69 Å². The van der Waals surface area contributed by atoms with Crippen LogP contribution in [-0.4, -0.2) is 15.6 Å². The molecule has 1 N–H and O–H groups in total. The summed E-state index contributed by atoms with van der Waals surface area (Å²) in [6.07, 6.45) is 3.56. The molecule has 0 aliphatic heterocycles. The highest BCUT2D eigenvalue weighted by atomic mass is 35.5. The molecule has 28 heavy (non-hydrogen) atoms. The van der Waals surface area contributed by atoms with E-state index < -0.39 is 5.97 Å². The summed E-state index contributed by atoms with van der Waals surface area (Å²) < 4.78 is 1.48. The highest BCUT2D eigenvalue weighted by Crippen LogP contribution is 2.37. The van der Waals surface area contributed by atoms with Crippen molar-refractivity contribution in [2.75, 3.05) is 0 Å². The van der Waals surface area contributed by atoms with Crippen molar-refractivity contribution in [1.29, 1.82) is 0 Å². The molecule has 144 valence electrons. The Bertz CT molecular complexity index is 1170. The van der Waals surface area contributed by atoms with Gasteiger partial charge in [-0.2, -0.15) is 0 Å². The molecule has 0 saturated heterocycles. The molecule has 1 unspecified atom stereocenters. The molecule has 1 aliphatic rings. The third-order valence-electron chi connectivity index (χ3n) is 5.36. The Morgan fingerprint density at radius 2 is 1.79 bits per heavy atom. The first-order chi connectivity index (χ1) is 13.4. The van der Waals surface area contributed by atoms with E-state index in [1.165, 1.54) is 4.57 Å². The van der Waals surface area contributed by atoms with Crippen LogP contribution in [0.5, 0.6) is 0 Å². The smallest absolute Gasteiger partial charge is 0.353 e. The fourth-order valence-electron chi connectivity index (χ4n) is 4.08. The van der Waals surface area contributed by atoms with Crippen LogP contribution in [0.1, 0.15) is 42.2 Å². The summed E-state index contributed by atoms with van der Waals surface area (Å²) in [5.74, 6) is -1.13. The van der Waals surface area contributed by atoms with Crippen molar-refractivity contribution < 1.29 is 9.90 Å². The van der Waals surface area contributed by atoms with Crippen molar-refractivity contribution in [3.63, 3.8) is 0 Å². The summed E-state index contributed by atoms with van der Waals surface area (Å²) in [7, 11) is 2.54. The molecule has 4 rings (SSSR count). The molecule has 0 bridgehead atoms. The molecule has 1 aromatic heterocycles. The highest BCUT2D eigenvalue weighted by Gasteiger charge is 2.29. The summed E-state index contributed by atoms with van der Waals surface area (Å²) in [5, 5.41) is 12.9. The van der Waals surface area contributed by atoms with E-state index in [9.17, 15) is 14.7 Å². The Labute approximate surface area is 174 Å². The zero-order valence-corrected chi connectivity index (χ0v) is 17.6. The fraction of sp³-hybridized carbons (Fsp3) is 0.238. The van der Waals surface area contributed by atoms with Crippen LogP contribution >= 0.6 is 32.4 Å². The fourth-order valence-corrected chi connectivity index (χ4v) is 4.62. The van der Waals surface area contributed by atoms with Crippen LogP contribution in [0, 0.1) is 0 Å². The van der Waals surface area contributed by atoms with Gasteiger partial charge in [0.25, 0.3) is 5.56 Å². The van der Waals surface area contributed by atoms with Gasteiger partial charge in [-0.3, -0.25) is 9.36 Å². The van der Waals surface area contributed by atoms with Crippen LogP contribution < -0.4 is 10.9 Å². The summed E-state index contributed by atoms with van der Waals surface area (Å²) in [6, 6.07) is 10.2. The first-order valence-corrected chi connectivity index (χ1v) is 10.4. The van der Waals surface area contributed by atoms with Gasteiger partial charge in [0.2, 0.25) is 0 Å². The third kappa shape index (κ3) is 3.24. The maximum Gasteiger partial charge on any atom is 0.353 e. The number of pyridine rings is 1. The van der Waals surface area contributed by atoms with Crippen molar-refractivity contribution in [3.8, 4) is 11.1 Å². The SMILES string of the molecule is O=C(O)c1c(-c2ccc(P)c(Cl)c2)c2cc(Cl)ccc2c(=O)n1C1CCCC1. The third-order valence-corrected chi connectivity index (χ3v) is 6.61. The largest absolute Gasteiger partial charge is 0.477 e. The Morgan fingerprint density at radius 3 is 2.43 bits per heavy atom. The van der Waals surface area contributed by atoms with Crippen molar-refractivity contribution >= 4 is 54.5 Å². The van der Waals surface area contributed by atoms with Gasteiger partial charge in [-0.15, -0.1) is 9.24 Å². The first-order valence-electron chi connectivity index (χ1n) is 9.05. The van der Waals surface area contributed by atoms with E-state index in [2.05, 4.69) is 9.24 Å². The minimum atomic E-state index is -1.13. The number of carbonyl (C=O) groups is 1. The van der Waals surface area contributed by atoms with Crippen molar-refractivity contribution in [2.45, 2.75) is 31.7 Å². The standard InChI is InChI=1S/C21H18Cl2NO3P/c22-12-6-7-14-15(10-12)18(11-5-8-17(28)16(23)9-11)19(21(26)27)24(20(14)25)13-3-1-2-4-13/h5-10,13H,1-4,28H2,(H,26,27). The molecule has 1 aliphatic carbocycles. The maximum atomic E-state index is 13.3. The number of hydrogen-bond donors (Lipinski definition) is 1. The monoisotopic (exact) mass is 433 g/mol. The molecule has 4 nitrogen and oxygen atoms in total. The van der Waals surface area contributed by atoms with Crippen LogP contribution in [0.15, 0.2) is 41.2 Å². The Kier molecular flexibility index (Phi) is 5.22. The molecule has 3 aromatic rings. The molecular weight excluding hydrogens is 416 g/mol. The van der Waals surface area contributed by atoms with Crippen molar-refractivity contribution in [3.05, 3.63) is 62.5 Å². The molecule has 0 amide bonds. The minimum Gasteiger partial charge on any atom is -0.477 e. The lowest BCUT2D eigenvalue weighted by molar-refractivity contribution is 0.0682. The van der Waals surface area contributed by atoms with Gasteiger partial charge < -0.3 is 5.11 Å². The quantitative estimate of drug-likeness (QED) is 0.570. The molecule has 2 aromatic carbocycles. The molecule has 0 radical (unpaired) electrons. The number of rotatable bonds is 3. The zero-order chi connectivity index (χ0) is 20.0. The number of carboxylic acids is 1. The lowest BCUT2D eigenvalue weighted by Crippen LogP contribution is -2.30. The van der Waals surface area contributed by atoms with Gasteiger partial charge in [-0.25, -0.2) is 4.79 Å². The molecule has 0 spiro atoms. The molecule has 1 atom stereocenters. The van der Waals surface area contributed by atoms with Gasteiger partial charge in [0.15, 0.2) is 0 Å². The Hall–Kier alpha value is -1.87. The van der Waals surface area contributed by atoms with E-state index in [1.54, 1.807) is 24.3 Å². The van der Waals surface area contributed by atoms with E-state index in [0.29, 0.717) is 31.9 Å². The zero-order valence-electron chi connectivity index (χ0n) is 14.9. The van der Waals surface area contributed by atoms with Gasteiger partial charge in [-0.1, -0.05) is 48.2 Å². The predicted molar refractivity (Wildman–Crippen MR) is 117 cm³/mol. The molecule has 1 heterocycles. The average molecular weight is 434 g/mol. The topological polar surface area (TPSA) is 59.3 Å². The molecule has 1 fully saturated rings. The second-order valence-electron chi connectivity index (χ2n) is 7.07. The van der Waals surface area contributed by atoms with E-state index >= 15 is 0 Å². The molecule has 1 saturated carbocycles. The van der Waals surface area contributed by atoms with E-state index in [0.717, 1.165) is 31.0 Å². The number of aromatic nitrogens is 1. The number of hydrogen-bond acceptors (Lipinski definition) is 2. The number of halogens is 2. The van der Waals surface area contributed by atoms with Gasteiger partial charge in [0.05, 0.1) is 0 Å². The van der Waals surface area contributed by atoms with E-state index in [4.69, 9.17) is 23.2 Å². The van der Waals surface area contributed by atoms with Crippen LogP contribution in [0.3, 0.4) is 0 Å². The van der Waals surface area contributed by atoms with Crippen molar-refractivity contribution in [1.82, 2.24) is 4.57 Å². The summed E-state index contributed by atoms with van der Waals surface area (Å²) in [5.41, 5.74) is 0.837. The lowest BCUT2D eigenvalue weighted by atomic mass is 9.96. The number of carboxylic acid groups (broad SMARTS) is 1. The van der Waals surface area contributed by atoms with Crippen LogP contribution in [0.2, 0.25) is 10.0 Å². The van der Waals surface area contributed by atoms with Crippen LogP contribution in [0.4, 0.5) is 0 Å². The second kappa shape index (κ2) is 7.51. The van der Waals surface area contributed by atoms with E-state index in [1.807, 2.05) is 12.1 Å². The Balaban J connectivity index is 2.19. The van der Waals surface area contributed by atoms with E-state index in [-0.39, 0.29) is 17.3 Å². The van der Waals surface area contributed by atoms with Gasteiger partial charge in [0, 0.05) is 27.0 Å². The van der Waals surface area contributed by atoms with Gasteiger partial charge >= 0.3 is 5.97 Å². The highest BCUT2D eigenvalue weighted by molar-refractivity contribution is 7.28. The van der Waals surface area contributed by atoms with Crippen LogP contribution in [0.25, 0.3) is 21.9 Å². The summed E-state index contributed by atoms with van der Waals surface area (Å²) in [6.45, 7) is 0. The molecule has 7 heteroatoms. The predicted octanol–water partition coefficient (Wildman–Crippen LogP) is 5.29. The number of benzene rings is 2. The number of nitrogens with zero attached hydrogens (tertiary/aromatic N) is 1. The molecular formula is C21H18Cl2NO3P. The Morgan fingerprint density at radius 1 is 1.07 bits per heavy atom. The second-order valence-corrected chi connectivity index (χ2v) is 8.53. The first kappa shape index (κ1) is 19.4. The number of aromatic carboxylic acids is 1. The minimum absolute atomic E-state index is 0.000704. The summed E-state index contributed by atoms with van der Waals surface area (Å²) >= 11 is 12.5. The average Bonchev–Trinajstić information content (AvgIpc) is 3.18. The van der Waals surface area contributed by atoms with Gasteiger partial charge in [-0.05, 0) is 53.4 Å². The van der Waals surface area contributed by atoms with Crippen LogP contribution in [-0.2, 0) is 0 Å². The van der Waals surface area contributed by atoms with Crippen molar-refractivity contribution in [2.24, 2.45) is 0 Å².